The van der Waals surface area contributed by atoms with Crippen LogP contribution in [0.2, 0.25) is 5.15 Å². The summed E-state index contributed by atoms with van der Waals surface area (Å²) in [6.45, 7) is 0. The molecule has 0 atom stereocenters. The average molecular weight is 314 g/mol. The minimum Gasteiger partial charge on any atom is -0.234 e. The van der Waals surface area contributed by atoms with Crippen molar-refractivity contribution in [2.75, 3.05) is 0 Å². The highest BCUT2D eigenvalue weighted by atomic mass is 79.9. The van der Waals surface area contributed by atoms with Crippen LogP contribution in [0, 0.1) is 0 Å². The summed E-state index contributed by atoms with van der Waals surface area (Å²) in [6, 6.07) is 1.47. The molecular formula is C8H4BrClF3N3. The van der Waals surface area contributed by atoms with E-state index in [1.54, 1.807) is 0 Å². The van der Waals surface area contributed by atoms with Gasteiger partial charge in [0.2, 0.25) is 0 Å². The van der Waals surface area contributed by atoms with Crippen molar-refractivity contribution in [2.45, 2.75) is 12.6 Å². The number of imidazole rings is 1. The lowest BCUT2D eigenvalue weighted by Crippen LogP contribution is -2.14. The minimum absolute atomic E-state index is 0.0503. The van der Waals surface area contributed by atoms with Gasteiger partial charge in [-0.3, -0.25) is 0 Å². The number of alkyl halides is 3. The molecule has 0 radical (unpaired) electrons. The van der Waals surface area contributed by atoms with Crippen molar-refractivity contribution >= 4 is 33.2 Å². The highest BCUT2D eigenvalue weighted by Gasteiger charge is 2.30. The van der Waals surface area contributed by atoms with Gasteiger partial charge in [0.25, 0.3) is 0 Å². The molecule has 0 aliphatic rings. The monoisotopic (exact) mass is 313 g/mol. The molecule has 2 aromatic rings. The SMILES string of the molecule is FC(F)(F)Cc1cnc2c(Br)cc(Cl)nn12. The summed E-state index contributed by atoms with van der Waals surface area (Å²) in [4.78, 5) is 3.84. The Morgan fingerprint density at radius 3 is 2.75 bits per heavy atom. The lowest BCUT2D eigenvalue weighted by molar-refractivity contribution is -0.128. The Hall–Kier alpha value is -0.820. The van der Waals surface area contributed by atoms with E-state index in [9.17, 15) is 13.2 Å². The number of fused-ring (bicyclic) bond motifs is 1. The molecule has 0 saturated carbocycles. The summed E-state index contributed by atoms with van der Waals surface area (Å²) < 4.78 is 38.3. The Bertz CT molecular complexity index is 537. The Kier molecular flexibility index (Phi) is 2.83. The Labute approximate surface area is 101 Å². The summed E-state index contributed by atoms with van der Waals surface area (Å²) in [5.74, 6) is 0. The van der Waals surface area contributed by atoms with Gasteiger partial charge in [0.15, 0.2) is 10.8 Å². The van der Waals surface area contributed by atoms with Crippen molar-refractivity contribution in [3.05, 3.63) is 27.6 Å². The normalized spacial score (nSPS) is 12.3. The fourth-order valence-corrected chi connectivity index (χ4v) is 2.08. The van der Waals surface area contributed by atoms with E-state index in [-0.39, 0.29) is 10.8 Å². The number of rotatable bonds is 1. The van der Waals surface area contributed by atoms with Crippen LogP contribution >= 0.6 is 27.5 Å². The van der Waals surface area contributed by atoms with Crippen LogP contribution in [0.15, 0.2) is 16.7 Å². The van der Waals surface area contributed by atoms with Crippen LogP contribution < -0.4 is 0 Å². The smallest absolute Gasteiger partial charge is 0.234 e. The molecule has 0 aliphatic carbocycles. The van der Waals surface area contributed by atoms with Crippen LogP contribution in [0.1, 0.15) is 5.69 Å². The molecule has 0 unspecified atom stereocenters. The molecule has 0 aromatic carbocycles. The maximum absolute atomic E-state index is 12.2. The number of nitrogens with zero attached hydrogens (tertiary/aromatic N) is 3. The van der Waals surface area contributed by atoms with Crippen molar-refractivity contribution in [1.82, 2.24) is 14.6 Å². The van der Waals surface area contributed by atoms with Gasteiger partial charge in [-0.1, -0.05) is 11.6 Å². The first-order chi connectivity index (χ1) is 7.37. The minimum atomic E-state index is -4.30. The highest BCUT2D eigenvalue weighted by molar-refractivity contribution is 9.10. The van der Waals surface area contributed by atoms with E-state index in [0.717, 1.165) is 10.7 Å². The zero-order valence-electron chi connectivity index (χ0n) is 7.59. The molecule has 0 bridgehead atoms. The predicted octanol–water partition coefficient (Wildman–Crippen LogP) is 3.25. The van der Waals surface area contributed by atoms with Crippen molar-refractivity contribution in [1.29, 1.82) is 0 Å². The third kappa shape index (κ3) is 2.30. The molecule has 16 heavy (non-hydrogen) atoms. The van der Waals surface area contributed by atoms with Crippen molar-refractivity contribution in [3.63, 3.8) is 0 Å². The summed E-state index contributed by atoms with van der Waals surface area (Å²) >= 11 is 8.80. The van der Waals surface area contributed by atoms with E-state index in [1.165, 1.54) is 6.07 Å². The van der Waals surface area contributed by atoms with E-state index in [4.69, 9.17) is 11.6 Å². The molecule has 2 rings (SSSR count). The summed E-state index contributed by atoms with van der Waals surface area (Å²) in [7, 11) is 0. The number of aromatic nitrogens is 3. The van der Waals surface area contributed by atoms with Gasteiger partial charge >= 0.3 is 6.18 Å². The fraction of sp³-hybridized carbons (Fsp3) is 0.250. The predicted molar refractivity (Wildman–Crippen MR) is 55.5 cm³/mol. The summed E-state index contributed by atoms with van der Waals surface area (Å²) in [5, 5.41) is 3.87. The van der Waals surface area contributed by atoms with E-state index in [2.05, 4.69) is 26.0 Å². The molecule has 86 valence electrons. The standard InChI is InChI=1S/C8H4BrClF3N3/c9-5-1-6(10)15-16-4(2-8(11,12)13)3-14-7(5)16/h1,3H,2H2. The van der Waals surface area contributed by atoms with Crippen molar-refractivity contribution in [2.24, 2.45) is 0 Å². The molecule has 3 nitrogen and oxygen atoms in total. The lowest BCUT2D eigenvalue weighted by Gasteiger charge is -2.05. The first-order valence-corrected chi connectivity index (χ1v) is 5.29. The molecule has 2 heterocycles. The number of hydrogen-bond acceptors (Lipinski definition) is 2. The Morgan fingerprint density at radius 2 is 2.12 bits per heavy atom. The van der Waals surface area contributed by atoms with Crippen LogP contribution in [-0.2, 0) is 6.42 Å². The number of hydrogen-bond donors (Lipinski definition) is 0. The zero-order valence-corrected chi connectivity index (χ0v) is 9.94. The first kappa shape index (κ1) is 11.7. The summed E-state index contributed by atoms with van der Waals surface area (Å²) in [5.41, 5.74) is 0.259. The second kappa shape index (κ2) is 3.89. The maximum Gasteiger partial charge on any atom is 0.394 e. The van der Waals surface area contributed by atoms with Gasteiger partial charge in [-0.05, 0) is 22.0 Å². The topological polar surface area (TPSA) is 30.2 Å². The van der Waals surface area contributed by atoms with Crippen LogP contribution in [0.25, 0.3) is 5.65 Å². The van der Waals surface area contributed by atoms with Gasteiger partial charge in [-0.2, -0.15) is 18.3 Å². The molecule has 0 N–H and O–H groups in total. The van der Waals surface area contributed by atoms with Crippen LogP contribution in [0.4, 0.5) is 13.2 Å². The van der Waals surface area contributed by atoms with E-state index in [1.807, 2.05) is 0 Å². The van der Waals surface area contributed by atoms with Crippen LogP contribution in [-0.4, -0.2) is 20.8 Å². The van der Waals surface area contributed by atoms with Crippen LogP contribution in [0.5, 0.6) is 0 Å². The van der Waals surface area contributed by atoms with Crippen molar-refractivity contribution < 1.29 is 13.2 Å². The second-order valence-corrected chi connectivity index (χ2v) is 4.33. The molecule has 0 aliphatic heterocycles. The third-order valence-corrected chi connectivity index (χ3v) is 2.61. The molecule has 8 heteroatoms. The molecule has 0 fully saturated rings. The third-order valence-electron chi connectivity index (χ3n) is 1.85. The molecule has 0 amide bonds. The van der Waals surface area contributed by atoms with E-state index < -0.39 is 12.6 Å². The van der Waals surface area contributed by atoms with Gasteiger partial charge in [-0.25, -0.2) is 9.50 Å². The average Bonchev–Trinajstić information content (AvgIpc) is 2.46. The van der Waals surface area contributed by atoms with E-state index >= 15 is 0 Å². The first-order valence-electron chi connectivity index (χ1n) is 4.12. The lowest BCUT2D eigenvalue weighted by atomic mass is 10.3. The molecule has 2 aromatic heterocycles. The molecular weight excluding hydrogens is 310 g/mol. The van der Waals surface area contributed by atoms with E-state index in [0.29, 0.717) is 10.1 Å². The Morgan fingerprint density at radius 1 is 1.44 bits per heavy atom. The molecule has 0 spiro atoms. The summed E-state index contributed by atoms with van der Waals surface area (Å²) in [6.07, 6.45) is -4.25. The quantitative estimate of drug-likeness (QED) is 0.809. The maximum atomic E-state index is 12.2. The van der Waals surface area contributed by atoms with Crippen molar-refractivity contribution in [3.8, 4) is 0 Å². The highest BCUT2D eigenvalue weighted by Crippen LogP contribution is 2.25. The Balaban J connectivity index is 2.56. The second-order valence-electron chi connectivity index (χ2n) is 3.09. The fourth-order valence-electron chi connectivity index (χ4n) is 1.27. The van der Waals surface area contributed by atoms with Gasteiger partial charge in [-0.15, -0.1) is 0 Å². The number of halogens is 5. The van der Waals surface area contributed by atoms with Crippen LogP contribution in [0.3, 0.4) is 0 Å². The van der Waals surface area contributed by atoms with Gasteiger partial charge in [0.1, 0.15) is 0 Å². The van der Waals surface area contributed by atoms with Gasteiger partial charge < -0.3 is 0 Å². The molecule has 0 saturated heterocycles. The zero-order chi connectivity index (χ0) is 11.9. The van der Waals surface area contributed by atoms with Gasteiger partial charge in [0, 0.05) is 0 Å². The van der Waals surface area contributed by atoms with Gasteiger partial charge in [0.05, 0.1) is 22.8 Å². The largest absolute Gasteiger partial charge is 0.394 e.